The first-order valence-electron chi connectivity index (χ1n) is 5.51. The molecule has 0 aromatic heterocycles. The molecule has 0 saturated heterocycles. The maximum atomic E-state index is 12.1. The third-order valence-corrected chi connectivity index (χ3v) is 4.84. The summed E-state index contributed by atoms with van der Waals surface area (Å²) in [5.74, 6) is 0.405. The summed E-state index contributed by atoms with van der Waals surface area (Å²) in [7, 11) is -3.46. The van der Waals surface area contributed by atoms with Crippen LogP contribution in [-0.4, -0.2) is 21.0 Å². The summed E-state index contributed by atoms with van der Waals surface area (Å²) in [4.78, 5) is 0.269. The van der Waals surface area contributed by atoms with E-state index in [1.54, 1.807) is 24.3 Å². The van der Waals surface area contributed by atoms with Crippen molar-refractivity contribution in [1.29, 1.82) is 0 Å². The Morgan fingerprint density at radius 1 is 1.47 bits per heavy atom. The molecule has 0 aliphatic heterocycles. The molecular formula is C11H15BrN2O2S. The lowest BCUT2D eigenvalue weighted by Gasteiger charge is -2.16. The van der Waals surface area contributed by atoms with E-state index in [0.29, 0.717) is 12.5 Å². The largest absolute Gasteiger partial charge is 0.329 e. The lowest BCUT2D eigenvalue weighted by molar-refractivity contribution is 0.519. The SMILES string of the molecule is NCC(NS(=O)(=O)c1cccc(Br)c1)C1CC1. The average molecular weight is 319 g/mol. The van der Waals surface area contributed by atoms with Gasteiger partial charge in [-0.2, -0.15) is 0 Å². The number of nitrogens with two attached hydrogens (primary N) is 1. The molecule has 1 aliphatic carbocycles. The van der Waals surface area contributed by atoms with Crippen LogP contribution in [-0.2, 0) is 10.0 Å². The summed E-state index contributed by atoms with van der Waals surface area (Å²) in [5, 5.41) is 0. The summed E-state index contributed by atoms with van der Waals surface area (Å²) in [6.07, 6.45) is 2.12. The normalized spacial score (nSPS) is 18.0. The highest BCUT2D eigenvalue weighted by molar-refractivity contribution is 9.10. The van der Waals surface area contributed by atoms with Gasteiger partial charge in [-0.25, -0.2) is 13.1 Å². The molecule has 1 unspecified atom stereocenters. The van der Waals surface area contributed by atoms with E-state index in [1.807, 2.05) is 0 Å². The third-order valence-electron chi connectivity index (χ3n) is 2.86. The predicted molar refractivity (Wildman–Crippen MR) is 70.0 cm³/mol. The third kappa shape index (κ3) is 3.28. The quantitative estimate of drug-likeness (QED) is 0.863. The summed E-state index contributed by atoms with van der Waals surface area (Å²) < 4.78 is 27.6. The smallest absolute Gasteiger partial charge is 0.240 e. The van der Waals surface area contributed by atoms with Gasteiger partial charge in [0.15, 0.2) is 0 Å². The van der Waals surface area contributed by atoms with Crippen LogP contribution in [0.5, 0.6) is 0 Å². The zero-order chi connectivity index (χ0) is 12.5. The number of sulfonamides is 1. The Bertz CT molecular complexity index is 500. The van der Waals surface area contributed by atoms with Gasteiger partial charge in [-0.05, 0) is 37.0 Å². The highest BCUT2D eigenvalue weighted by Gasteiger charge is 2.33. The van der Waals surface area contributed by atoms with Crippen molar-refractivity contribution in [3.8, 4) is 0 Å². The molecule has 2 rings (SSSR count). The maximum absolute atomic E-state index is 12.1. The number of hydrogen-bond acceptors (Lipinski definition) is 3. The van der Waals surface area contributed by atoms with Gasteiger partial charge >= 0.3 is 0 Å². The molecule has 1 aliphatic rings. The molecule has 0 spiro atoms. The van der Waals surface area contributed by atoms with E-state index in [-0.39, 0.29) is 10.9 Å². The summed E-state index contributed by atoms with van der Waals surface area (Å²) in [6.45, 7) is 0.345. The van der Waals surface area contributed by atoms with Gasteiger partial charge in [0.2, 0.25) is 10.0 Å². The minimum Gasteiger partial charge on any atom is -0.329 e. The monoisotopic (exact) mass is 318 g/mol. The van der Waals surface area contributed by atoms with Crippen molar-refractivity contribution in [2.45, 2.75) is 23.8 Å². The predicted octanol–water partition coefficient (Wildman–Crippen LogP) is 1.46. The van der Waals surface area contributed by atoms with Crippen molar-refractivity contribution >= 4 is 26.0 Å². The molecule has 1 saturated carbocycles. The minimum absolute atomic E-state index is 0.140. The van der Waals surface area contributed by atoms with Gasteiger partial charge < -0.3 is 5.73 Å². The molecule has 94 valence electrons. The summed E-state index contributed by atoms with van der Waals surface area (Å²) in [6, 6.07) is 6.52. The molecule has 1 fully saturated rings. The van der Waals surface area contributed by atoms with E-state index in [4.69, 9.17) is 5.73 Å². The molecular weight excluding hydrogens is 304 g/mol. The topological polar surface area (TPSA) is 72.2 Å². The standard InChI is InChI=1S/C11H15BrN2O2S/c12-9-2-1-3-10(6-9)17(15,16)14-11(7-13)8-4-5-8/h1-3,6,8,11,14H,4-5,7,13H2. The summed E-state index contributed by atoms with van der Waals surface area (Å²) >= 11 is 3.26. The number of rotatable bonds is 5. The van der Waals surface area contributed by atoms with Crippen molar-refractivity contribution in [2.75, 3.05) is 6.54 Å². The van der Waals surface area contributed by atoms with Gasteiger partial charge in [-0.15, -0.1) is 0 Å². The molecule has 17 heavy (non-hydrogen) atoms. The molecule has 6 heteroatoms. The van der Waals surface area contributed by atoms with Crippen molar-refractivity contribution in [3.63, 3.8) is 0 Å². The van der Waals surface area contributed by atoms with Crippen LogP contribution in [0.15, 0.2) is 33.6 Å². The fourth-order valence-electron chi connectivity index (χ4n) is 1.74. The molecule has 3 N–H and O–H groups in total. The first kappa shape index (κ1) is 13.0. The van der Waals surface area contributed by atoms with Gasteiger partial charge in [0.25, 0.3) is 0 Å². The van der Waals surface area contributed by atoms with E-state index < -0.39 is 10.0 Å². The fraction of sp³-hybridized carbons (Fsp3) is 0.455. The Morgan fingerprint density at radius 3 is 2.71 bits per heavy atom. The van der Waals surface area contributed by atoms with E-state index in [1.165, 1.54) is 0 Å². The number of nitrogens with one attached hydrogen (secondary N) is 1. The Labute approximate surface area is 110 Å². The lowest BCUT2D eigenvalue weighted by atomic mass is 10.2. The zero-order valence-corrected chi connectivity index (χ0v) is 11.7. The molecule has 1 atom stereocenters. The van der Waals surface area contributed by atoms with Crippen molar-refractivity contribution < 1.29 is 8.42 Å². The van der Waals surface area contributed by atoms with Gasteiger partial charge in [0.1, 0.15) is 0 Å². The highest BCUT2D eigenvalue weighted by atomic mass is 79.9. The van der Waals surface area contributed by atoms with Gasteiger partial charge in [-0.1, -0.05) is 22.0 Å². The Morgan fingerprint density at radius 2 is 2.18 bits per heavy atom. The van der Waals surface area contributed by atoms with Gasteiger partial charge in [0, 0.05) is 17.1 Å². The second-order valence-electron chi connectivity index (χ2n) is 4.26. The van der Waals surface area contributed by atoms with E-state index >= 15 is 0 Å². The Hall–Kier alpha value is -0.430. The Balaban J connectivity index is 2.18. The van der Waals surface area contributed by atoms with Crippen LogP contribution < -0.4 is 10.5 Å². The molecule has 1 aromatic rings. The van der Waals surface area contributed by atoms with Crippen LogP contribution in [0.4, 0.5) is 0 Å². The van der Waals surface area contributed by atoms with Crippen LogP contribution in [0, 0.1) is 5.92 Å². The molecule has 1 aromatic carbocycles. The van der Waals surface area contributed by atoms with Crippen molar-refractivity contribution in [3.05, 3.63) is 28.7 Å². The van der Waals surface area contributed by atoms with E-state index in [0.717, 1.165) is 17.3 Å². The highest BCUT2D eigenvalue weighted by Crippen LogP contribution is 2.33. The second-order valence-corrected chi connectivity index (χ2v) is 6.89. The van der Waals surface area contributed by atoms with Crippen molar-refractivity contribution in [1.82, 2.24) is 4.72 Å². The van der Waals surface area contributed by atoms with Crippen LogP contribution in [0.3, 0.4) is 0 Å². The average Bonchev–Trinajstić information content (AvgIpc) is 3.10. The molecule has 0 amide bonds. The minimum atomic E-state index is -3.46. The molecule has 0 heterocycles. The van der Waals surface area contributed by atoms with Crippen LogP contribution in [0.2, 0.25) is 0 Å². The summed E-state index contributed by atoms with van der Waals surface area (Å²) in [5.41, 5.74) is 5.59. The second kappa shape index (κ2) is 5.06. The van der Waals surface area contributed by atoms with Crippen LogP contribution in [0.1, 0.15) is 12.8 Å². The van der Waals surface area contributed by atoms with Crippen LogP contribution >= 0.6 is 15.9 Å². The number of hydrogen-bond donors (Lipinski definition) is 2. The Kier molecular flexibility index (Phi) is 3.87. The van der Waals surface area contributed by atoms with E-state index in [9.17, 15) is 8.42 Å². The van der Waals surface area contributed by atoms with Crippen LogP contribution in [0.25, 0.3) is 0 Å². The maximum Gasteiger partial charge on any atom is 0.240 e. The lowest BCUT2D eigenvalue weighted by Crippen LogP contribution is -2.41. The zero-order valence-electron chi connectivity index (χ0n) is 9.27. The number of halogens is 1. The van der Waals surface area contributed by atoms with E-state index in [2.05, 4.69) is 20.7 Å². The fourth-order valence-corrected chi connectivity index (χ4v) is 3.65. The number of benzene rings is 1. The molecule has 0 radical (unpaired) electrons. The first-order valence-corrected chi connectivity index (χ1v) is 7.78. The molecule has 0 bridgehead atoms. The molecule has 4 nitrogen and oxygen atoms in total. The van der Waals surface area contributed by atoms with Gasteiger partial charge in [-0.3, -0.25) is 0 Å². The first-order chi connectivity index (χ1) is 8.03. The van der Waals surface area contributed by atoms with Gasteiger partial charge in [0.05, 0.1) is 4.90 Å². The van der Waals surface area contributed by atoms with Crippen molar-refractivity contribution in [2.24, 2.45) is 11.7 Å².